The molecule has 0 aliphatic carbocycles. The first-order chi connectivity index (χ1) is 18.7. The maximum absolute atomic E-state index is 12.4. The molecule has 11 heteroatoms. The van der Waals surface area contributed by atoms with Gasteiger partial charge in [-0.05, 0) is 30.2 Å². The van der Waals surface area contributed by atoms with Gasteiger partial charge in [-0.1, -0.05) is 37.3 Å². The predicted molar refractivity (Wildman–Crippen MR) is 143 cm³/mol. The van der Waals surface area contributed by atoms with E-state index in [1.807, 2.05) is 54.2 Å². The molecule has 1 amide bonds. The number of carbonyl (C=O) groups is 1. The number of hydrogen-bond donors (Lipinski definition) is 3. The number of aryl methyl sites for hydroxylation is 1. The highest BCUT2D eigenvalue weighted by molar-refractivity contribution is 5.91. The minimum absolute atomic E-state index is 0.0463. The number of imidazole rings is 1. The summed E-state index contributed by atoms with van der Waals surface area (Å²) in [6, 6.07) is 16.3. The van der Waals surface area contributed by atoms with Crippen LogP contribution in [0.3, 0.4) is 0 Å². The molecule has 0 saturated carbocycles. The monoisotopic (exact) mass is 507 g/mol. The van der Waals surface area contributed by atoms with Crippen molar-refractivity contribution >= 4 is 39.7 Å². The molecule has 0 spiro atoms. The van der Waals surface area contributed by atoms with E-state index < -0.39 is 6.09 Å². The van der Waals surface area contributed by atoms with Crippen LogP contribution in [0, 0.1) is 0 Å². The molecule has 6 aromatic rings. The van der Waals surface area contributed by atoms with Crippen molar-refractivity contribution in [2.45, 2.75) is 26.5 Å². The molecule has 6 rings (SSSR count). The molecule has 0 bridgehead atoms. The van der Waals surface area contributed by atoms with E-state index in [1.54, 1.807) is 23.1 Å². The third-order valence-electron chi connectivity index (χ3n) is 6.24. The molecule has 0 saturated heterocycles. The van der Waals surface area contributed by atoms with E-state index >= 15 is 0 Å². The van der Waals surface area contributed by atoms with E-state index in [1.165, 1.54) is 11.9 Å². The maximum Gasteiger partial charge on any atom is 0.412 e. The lowest BCUT2D eigenvalue weighted by atomic mass is 10.2. The largest absolute Gasteiger partial charge is 0.441 e. The van der Waals surface area contributed by atoms with Crippen LogP contribution in [-0.4, -0.2) is 40.4 Å². The molecule has 0 aliphatic rings. The van der Waals surface area contributed by atoms with Gasteiger partial charge in [0.05, 0.1) is 30.1 Å². The number of ether oxygens (including phenoxy) is 1. The van der Waals surface area contributed by atoms with Gasteiger partial charge < -0.3 is 15.0 Å². The van der Waals surface area contributed by atoms with Crippen LogP contribution in [0.25, 0.3) is 16.4 Å². The Bertz CT molecular complexity index is 1710. The highest BCUT2D eigenvalue weighted by Crippen LogP contribution is 2.30. The molecule has 0 aliphatic heterocycles. The van der Waals surface area contributed by atoms with Gasteiger partial charge in [0.15, 0.2) is 12.4 Å². The van der Waals surface area contributed by atoms with Crippen molar-refractivity contribution in [1.82, 2.24) is 34.3 Å². The average molecular weight is 508 g/mol. The fourth-order valence-corrected chi connectivity index (χ4v) is 4.47. The smallest absolute Gasteiger partial charge is 0.412 e. The minimum atomic E-state index is -0.576. The summed E-state index contributed by atoms with van der Waals surface area (Å²) >= 11 is 0. The molecule has 190 valence electrons. The van der Waals surface area contributed by atoms with Crippen molar-refractivity contribution in [1.29, 1.82) is 0 Å². The molecule has 0 fully saturated rings. The van der Waals surface area contributed by atoms with Crippen LogP contribution < -0.4 is 10.6 Å². The number of hydrogen-bond acceptors (Lipinski definition) is 7. The first kappa shape index (κ1) is 23.2. The van der Waals surface area contributed by atoms with Crippen molar-refractivity contribution in [3.63, 3.8) is 0 Å². The summed E-state index contributed by atoms with van der Waals surface area (Å²) in [6.45, 7) is 2.76. The zero-order valence-corrected chi connectivity index (χ0v) is 20.6. The maximum atomic E-state index is 12.4. The number of fused-ring (bicyclic) bond motifs is 2. The topological polar surface area (TPSA) is 127 Å². The van der Waals surface area contributed by atoms with E-state index in [0.29, 0.717) is 30.3 Å². The second-order valence-electron chi connectivity index (χ2n) is 8.70. The zero-order valence-electron chi connectivity index (χ0n) is 20.6. The fourth-order valence-electron chi connectivity index (χ4n) is 4.47. The SMILES string of the molecule is CCc1c(NC(=O)OCc2ncc[nH]2)cn2ncnc(Nc3ccc4c(cnn4Cc4ccccc4)c3)c12. The molecule has 3 N–H and O–H groups in total. The second-order valence-corrected chi connectivity index (χ2v) is 8.70. The third kappa shape index (κ3) is 4.64. The van der Waals surface area contributed by atoms with Crippen LogP contribution in [0.2, 0.25) is 0 Å². The standard InChI is InChI=1S/C27H25N9O2/c1-2-21-22(34-27(37)38-16-24-28-10-11-29-24)15-36-25(21)26(30-17-32-36)33-20-8-9-23-19(12-20)13-31-35(23)14-18-6-4-3-5-7-18/h3-13,15,17H,2,14,16H2,1H3,(H,28,29)(H,34,37)(H,30,32,33). The Balaban J connectivity index is 1.24. The van der Waals surface area contributed by atoms with E-state index in [-0.39, 0.29) is 6.61 Å². The average Bonchev–Trinajstić information content (AvgIpc) is 3.67. The van der Waals surface area contributed by atoms with Crippen LogP contribution in [0.15, 0.2) is 79.6 Å². The van der Waals surface area contributed by atoms with Gasteiger partial charge >= 0.3 is 6.09 Å². The van der Waals surface area contributed by atoms with Crippen LogP contribution in [0.1, 0.15) is 23.9 Å². The van der Waals surface area contributed by atoms with Crippen molar-refractivity contribution in [2.24, 2.45) is 0 Å². The summed E-state index contributed by atoms with van der Waals surface area (Å²) in [5.74, 6) is 1.20. The minimum Gasteiger partial charge on any atom is -0.441 e. The van der Waals surface area contributed by atoms with Crippen LogP contribution in [0.5, 0.6) is 0 Å². The highest BCUT2D eigenvalue weighted by atomic mass is 16.5. The van der Waals surface area contributed by atoms with Gasteiger partial charge in [0.25, 0.3) is 0 Å². The Hall–Kier alpha value is -5.19. The Morgan fingerprint density at radius 2 is 2.00 bits per heavy atom. The summed E-state index contributed by atoms with van der Waals surface area (Å²) in [7, 11) is 0. The predicted octanol–water partition coefficient (Wildman–Crippen LogP) is 4.91. The normalized spacial score (nSPS) is 11.2. The molecule has 38 heavy (non-hydrogen) atoms. The molecule has 2 aromatic carbocycles. The zero-order chi connectivity index (χ0) is 25.9. The van der Waals surface area contributed by atoms with E-state index in [2.05, 4.69) is 47.9 Å². The lowest BCUT2D eigenvalue weighted by Crippen LogP contribution is -2.14. The highest BCUT2D eigenvalue weighted by Gasteiger charge is 2.18. The van der Waals surface area contributed by atoms with Gasteiger partial charge in [0.2, 0.25) is 0 Å². The summed E-state index contributed by atoms with van der Waals surface area (Å²) in [5.41, 5.74) is 5.38. The molecule has 0 radical (unpaired) electrons. The van der Waals surface area contributed by atoms with E-state index in [0.717, 1.165) is 27.7 Å². The Labute approximate surface area is 217 Å². The molecule has 11 nitrogen and oxygen atoms in total. The molecule has 4 aromatic heterocycles. The first-order valence-corrected chi connectivity index (χ1v) is 12.2. The van der Waals surface area contributed by atoms with Crippen molar-refractivity contribution in [3.05, 3.63) is 96.6 Å². The van der Waals surface area contributed by atoms with Gasteiger partial charge in [-0.2, -0.15) is 10.2 Å². The number of nitrogens with zero attached hydrogens (tertiary/aromatic N) is 6. The number of rotatable bonds is 8. The number of amides is 1. The second kappa shape index (κ2) is 10.1. The molecular weight excluding hydrogens is 482 g/mol. The lowest BCUT2D eigenvalue weighted by Gasteiger charge is -2.10. The number of aromatic nitrogens is 7. The van der Waals surface area contributed by atoms with Crippen LogP contribution >= 0.6 is 0 Å². The molecule has 0 unspecified atom stereocenters. The quantitative estimate of drug-likeness (QED) is 0.267. The number of benzene rings is 2. The molecule has 0 atom stereocenters. The number of carbonyl (C=O) groups excluding carboxylic acids is 1. The van der Waals surface area contributed by atoms with Crippen LogP contribution in [-0.2, 0) is 24.3 Å². The number of nitrogens with one attached hydrogen (secondary N) is 3. The van der Waals surface area contributed by atoms with Gasteiger partial charge in [0, 0.05) is 29.0 Å². The number of aromatic amines is 1. The number of anilines is 3. The molecule has 4 heterocycles. The van der Waals surface area contributed by atoms with Gasteiger partial charge in [0.1, 0.15) is 17.7 Å². The summed E-state index contributed by atoms with van der Waals surface area (Å²) in [6.07, 6.45) is 8.45. The van der Waals surface area contributed by atoms with Gasteiger partial charge in [-0.15, -0.1) is 0 Å². The Morgan fingerprint density at radius 3 is 2.82 bits per heavy atom. The number of H-pyrrole nitrogens is 1. The molecular formula is C27H25N9O2. The third-order valence-corrected chi connectivity index (χ3v) is 6.24. The lowest BCUT2D eigenvalue weighted by molar-refractivity contribution is 0.152. The van der Waals surface area contributed by atoms with E-state index in [4.69, 9.17) is 4.74 Å². The van der Waals surface area contributed by atoms with E-state index in [9.17, 15) is 4.79 Å². The van der Waals surface area contributed by atoms with Crippen molar-refractivity contribution < 1.29 is 9.53 Å². The van der Waals surface area contributed by atoms with Gasteiger partial charge in [-0.3, -0.25) is 10.00 Å². The van der Waals surface area contributed by atoms with Crippen molar-refractivity contribution in [2.75, 3.05) is 10.6 Å². The Morgan fingerprint density at radius 1 is 1.11 bits per heavy atom. The Kier molecular flexibility index (Phi) is 6.14. The first-order valence-electron chi connectivity index (χ1n) is 12.2. The van der Waals surface area contributed by atoms with Crippen molar-refractivity contribution in [3.8, 4) is 0 Å². The van der Waals surface area contributed by atoms with Crippen LogP contribution in [0.4, 0.5) is 22.0 Å². The summed E-state index contributed by atoms with van der Waals surface area (Å²) in [4.78, 5) is 23.9. The summed E-state index contributed by atoms with van der Waals surface area (Å²) in [5, 5.41) is 16.2. The fraction of sp³-hybridized carbons (Fsp3) is 0.148. The van der Waals surface area contributed by atoms with Gasteiger partial charge in [-0.25, -0.2) is 19.3 Å². The summed E-state index contributed by atoms with van der Waals surface area (Å²) < 4.78 is 8.97.